The number of benzene rings is 2. The van der Waals surface area contributed by atoms with Crippen LogP contribution < -0.4 is 10.1 Å². The summed E-state index contributed by atoms with van der Waals surface area (Å²) in [6.07, 6.45) is 1.25. The van der Waals surface area contributed by atoms with Crippen LogP contribution >= 0.6 is 0 Å². The third kappa shape index (κ3) is 2.78. The van der Waals surface area contributed by atoms with Gasteiger partial charge in [0, 0.05) is 23.9 Å². The van der Waals surface area contributed by atoms with Crippen molar-refractivity contribution >= 4 is 28.1 Å². The van der Waals surface area contributed by atoms with Crippen LogP contribution in [0.2, 0.25) is 0 Å². The highest BCUT2D eigenvalue weighted by atomic mass is 19.2. The van der Waals surface area contributed by atoms with Crippen molar-refractivity contribution in [3.8, 4) is 5.75 Å². The molecule has 0 amide bonds. The highest BCUT2D eigenvalue weighted by molar-refractivity contribution is 5.93. The highest BCUT2D eigenvalue weighted by Gasteiger charge is 2.18. The van der Waals surface area contributed by atoms with Crippen molar-refractivity contribution in [1.82, 2.24) is 9.97 Å². The molecule has 0 fully saturated rings. The molecular weight excluding hydrogens is 322 g/mol. The number of nitro benzene ring substituents is 1. The first kappa shape index (κ1) is 15.5. The molecule has 0 bridgehead atoms. The lowest BCUT2D eigenvalue weighted by atomic mass is 10.2. The molecule has 3 rings (SSSR count). The Morgan fingerprint density at radius 3 is 2.62 bits per heavy atom. The average molecular weight is 332 g/mol. The largest absolute Gasteiger partial charge is 0.490 e. The van der Waals surface area contributed by atoms with E-state index >= 15 is 0 Å². The van der Waals surface area contributed by atoms with E-state index in [-0.39, 0.29) is 22.9 Å². The van der Waals surface area contributed by atoms with Gasteiger partial charge in [0.25, 0.3) is 0 Å². The minimum Gasteiger partial charge on any atom is -0.490 e. The number of ether oxygens (including phenoxy) is 1. The van der Waals surface area contributed by atoms with Gasteiger partial charge in [0.15, 0.2) is 17.4 Å². The summed E-state index contributed by atoms with van der Waals surface area (Å²) in [5, 5.41) is 14.3. The molecule has 0 unspecified atom stereocenters. The van der Waals surface area contributed by atoms with Gasteiger partial charge in [0.1, 0.15) is 12.1 Å². The summed E-state index contributed by atoms with van der Waals surface area (Å²) in [5.41, 5.74) is 0.387. The Morgan fingerprint density at radius 1 is 1.17 bits per heavy atom. The van der Waals surface area contributed by atoms with Crippen LogP contribution in [0.25, 0.3) is 10.9 Å². The Kier molecular flexibility index (Phi) is 3.90. The van der Waals surface area contributed by atoms with E-state index in [0.717, 1.165) is 12.1 Å². The second-order valence-electron chi connectivity index (χ2n) is 4.77. The van der Waals surface area contributed by atoms with Crippen molar-refractivity contribution in [1.29, 1.82) is 0 Å². The van der Waals surface area contributed by atoms with E-state index in [1.165, 1.54) is 31.6 Å². The number of methoxy groups -OCH3 is 1. The summed E-state index contributed by atoms with van der Waals surface area (Å²) in [6.45, 7) is 0. The average Bonchev–Trinajstić information content (AvgIpc) is 2.57. The van der Waals surface area contributed by atoms with Crippen molar-refractivity contribution in [3.05, 3.63) is 58.4 Å². The van der Waals surface area contributed by atoms with Crippen LogP contribution in [0.3, 0.4) is 0 Å². The van der Waals surface area contributed by atoms with Crippen molar-refractivity contribution in [2.75, 3.05) is 12.4 Å². The zero-order valence-electron chi connectivity index (χ0n) is 12.3. The van der Waals surface area contributed by atoms with Gasteiger partial charge in [0.05, 0.1) is 22.9 Å². The lowest BCUT2D eigenvalue weighted by Crippen LogP contribution is -1.99. The number of hydrogen-bond donors (Lipinski definition) is 1. The molecule has 3 aromatic rings. The molecule has 24 heavy (non-hydrogen) atoms. The molecule has 122 valence electrons. The Balaban J connectivity index is 2.12. The normalized spacial score (nSPS) is 10.6. The van der Waals surface area contributed by atoms with Crippen LogP contribution in [0, 0.1) is 21.7 Å². The molecule has 7 nitrogen and oxygen atoms in total. The Morgan fingerprint density at radius 2 is 1.96 bits per heavy atom. The van der Waals surface area contributed by atoms with Crippen LogP contribution in [0.4, 0.5) is 26.0 Å². The summed E-state index contributed by atoms with van der Waals surface area (Å²) in [6, 6.07) is 5.92. The molecule has 0 saturated carbocycles. The quantitative estimate of drug-likeness (QED) is 0.580. The van der Waals surface area contributed by atoms with Gasteiger partial charge in [-0.2, -0.15) is 0 Å². The molecule has 0 aliphatic rings. The van der Waals surface area contributed by atoms with Crippen molar-refractivity contribution in [3.63, 3.8) is 0 Å². The van der Waals surface area contributed by atoms with E-state index in [9.17, 15) is 18.9 Å². The van der Waals surface area contributed by atoms with E-state index in [2.05, 4.69) is 15.3 Å². The summed E-state index contributed by atoms with van der Waals surface area (Å²) in [4.78, 5) is 18.6. The maximum Gasteiger partial charge on any atom is 0.311 e. The number of rotatable bonds is 4. The number of fused-ring (bicyclic) bond motifs is 1. The topological polar surface area (TPSA) is 90.2 Å². The van der Waals surface area contributed by atoms with Gasteiger partial charge < -0.3 is 10.1 Å². The molecule has 0 spiro atoms. The first-order chi connectivity index (χ1) is 11.5. The molecule has 1 heterocycles. The first-order valence-electron chi connectivity index (χ1n) is 6.69. The van der Waals surface area contributed by atoms with Crippen LogP contribution in [0.5, 0.6) is 5.75 Å². The predicted octanol–water partition coefficient (Wildman–Crippen LogP) is 3.57. The second kappa shape index (κ2) is 6.03. The van der Waals surface area contributed by atoms with Crippen molar-refractivity contribution in [2.24, 2.45) is 0 Å². The van der Waals surface area contributed by atoms with Gasteiger partial charge in [-0.3, -0.25) is 10.1 Å². The maximum absolute atomic E-state index is 13.3. The number of nitrogens with zero attached hydrogens (tertiary/aromatic N) is 3. The minimum atomic E-state index is -1.02. The number of nitro groups is 1. The Hall–Kier alpha value is -3.36. The summed E-state index contributed by atoms with van der Waals surface area (Å²) < 4.78 is 31.3. The van der Waals surface area contributed by atoms with E-state index < -0.39 is 16.6 Å². The number of hydrogen-bond acceptors (Lipinski definition) is 6. The summed E-state index contributed by atoms with van der Waals surface area (Å²) in [5.74, 6) is -1.72. The van der Waals surface area contributed by atoms with Crippen LogP contribution in [-0.2, 0) is 0 Å². The van der Waals surface area contributed by atoms with Gasteiger partial charge in [-0.05, 0) is 12.1 Å². The molecule has 0 radical (unpaired) electrons. The van der Waals surface area contributed by atoms with Crippen LogP contribution in [0.15, 0.2) is 36.7 Å². The summed E-state index contributed by atoms with van der Waals surface area (Å²) >= 11 is 0. The van der Waals surface area contributed by atoms with Crippen molar-refractivity contribution in [2.45, 2.75) is 0 Å². The van der Waals surface area contributed by atoms with Gasteiger partial charge in [-0.15, -0.1) is 0 Å². The van der Waals surface area contributed by atoms with E-state index in [1.807, 2.05) is 0 Å². The maximum atomic E-state index is 13.3. The lowest BCUT2D eigenvalue weighted by Gasteiger charge is -2.10. The molecule has 0 aliphatic heterocycles. The van der Waals surface area contributed by atoms with E-state index in [0.29, 0.717) is 10.9 Å². The second-order valence-corrected chi connectivity index (χ2v) is 4.77. The standard InChI is InChI=1S/C15H10F2N4O3/c1-24-14-6-12-9(5-13(14)21(22)23)15(19-7-18-12)20-8-2-3-10(16)11(17)4-8/h2-7H,1H3,(H,18,19,20). The fraction of sp³-hybridized carbons (Fsp3) is 0.0667. The number of anilines is 2. The lowest BCUT2D eigenvalue weighted by molar-refractivity contribution is -0.385. The monoisotopic (exact) mass is 332 g/mol. The smallest absolute Gasteiger partial charge is 0.311 e. The molecule has 0 atom stereocenters. The summed E-state index contributed by atoms with van der Waals surface area (Å²) in [7, 11) is 1.32. The molecule has 1 aromatic heterocycles. The van der Waals surface area contributed by atoms with Crippen molar-refractivity contribution < 1.29 is 18.4 Å². The molecule has 0 saturated heterocycles. The van der Waals surface area contributed by atoms with Gasteiger partial charge in [0.2, 0.25) is 0 Å². The third-order valence-electron chi connectivity index (χ3n) is 3.31. The zero-order chi connectivity index (χ0) is 17.3. The minimum absolute atomic E-state index is 0.0602. The molecule has 9 heteroatoms. The van der Waals surface area contributed by atoms with Gasteiger partial charge >= 0.3 is 5.69 Å². The van der Waals surface area contributed by atoms with Gasteiger partial charge in [-0.25, -0.2) is 18.7 Å². The predicted molar refractivity (Wildman–Crippen MR) is 82.4 cm³/mol. The number of nitrogens with one attached hydrogen (secondary N) is 1. The number of halogens is 2. The fourth-order valence-corrected chi connectivity index (χ4v) is 2.19. The third-order valence-corrected chi connectivity index (χ3v) is 3.31. The van der Waals surface area contributed by atoms with E-state index in [1.54, 1.807) is 0 Å². The van der Waals surface area contributed by atoms with E-state index in [4.69, 9.17) is 4.74 Å². The molecule has 0 aliphatic carbocycles. The highest BCUT2D eigenvalue weighted by Crippen LogP contribution is 2.34. The number of aromatic nitrogens is 2. The zero-order valence-corrected chi connectivity index (χ0v) is 12.3. The van der Waals surface area contributed by atoms with Gasteiger partial charge in [-0.1, -0.05) is 0 Å². The SMILES string of the molecule is COc1cc2ncnc(Nc3ccc(F)c(F)c3)c2cc1[N+](=O)[O-]. The molecule has 2 aromatic carbocycles. The Labute approximate surface area is 134 Å². The fourth-order valence-electron chi connectivity index (χ4n) is 2.19. The Bertz CT molecular complexity index is 949. The first-order valence-corrected chi connectivity index (χ1v) is 6.69. The van der Waals surface area contributed by atoms with Crippen LogP contribution in [-0.4, -0.2) is 22.0 Å². The van der Waals surface area contributed by atoms with Crippen LogP contribution in [0.1, 0.15) is 0 Å². The molecule has 1 N–H and O–H groups in total. The molecular formula is C15H10F2N4O3.